The minimum Gasteiger partial charge on any atom is -0.494 e. The highest BCUT2D eigenvalue weighted by Gasteiger charge is 2.27. The van der Waals surface area contributed by atoms with E-state index in [4.69, 9.17) is 24.4 Å². The number of rotatable bonds is 3. The highest BCUT2D eigenvalue weighted by atomic mass is 16.5. The van der Waals surface area contributed by atoms with Crippen molar-refractivity contribution in [1.82, 2.24) is 19.9 Å². The normalized spacial score (nSPS) is 21.5. The molecule has 0 saturated carbocycles. The molecule has 176 valence electrons. The number of nitrogens with zero attached hydrogens (tertiary/aromatic N) is 5. The molecule has 0 amide bonds. The van der Waals surface area contributed by atoms with Gasteiger partial charge >= 0.3 is 0 Å². The molecule has 6 rings (SSSR count). The van der Waals surface area contributed by atoms with Gasteiger partial charge in [0.1, 0.15) is 5.82 Å². The number of hydrogen-bond acceptors (Lipinski definition) is 8. The monoisotopic (exact) mass is 460 g/mol. The number of H-pyrrole nitrogens is 1. The predicted octanol–water partition coefficient (Wildman–Crippen LogP) is 3.33. The summed E-state index contributed by atoms with van der Waals surface area (Å²) in [5.41, 5.74) is 2.38. The van der Waals surface area contributed by atoms with Gasteiger partial charge in [-0.15, -0.1) is 0 Å². The molecule has 0 aliphatic carbocycles. The Morgan fingerprint density at radius 1 is 0.912 bits per heavy atom. The maximum atomic E-state index is 10.1. The number of hydrogen-bond donors (Lipinski definition) is 2. The lowest BCUT2D eigenvalue weighted by Crippen LogP contribution is -2.46. The standard InChI is InChI=1S/C25H28N6O3/c1-15-13-33-9-7-30(15)23-19-5-6-21(17-3-4-18-12-26-24(32)20(18)11-17)27-22(19)28-25(29-23)31-8-10-34-14-16(31)2/h3-6,11-12,15-16,26,32H,7-10,13-14H2,1-2H3/t15-,16-/m0/s1. The number of morpholine rings is 2. The van der Waals surface area contributed by atoms with E-state index in [2.05, 4.69) is 34.7 Å². The van der Waals surface area contributed by atoms with Crippen LogP contribution in [0, 0.1) is 0 Å². The second-order valence-corrected chi connectivity index (χ2v) is 9.09. The molecule has 2 aliphatic rings. The molecule has 2 saturated heterocycles. The number of aromatic hydroxyl groups is 1. The van der Waals surface area contributed by atoms with Crippen molar-refractivity contribution in [3.8, 4) is 17.1 Å². The first-order valence-corrected chi connectivity index (χ1v) is 11.8. The Bertz CT molecular complexity index is 1360. The van der Waals surface area contributed by atoms with E-state index in [1.54, 1.807) is 6.20 Å². The van der Waals surface area contributed by atoms with Gasteiger partial charge in [-0.3, -0.25) is 0 Å². The number of nitrogens with one attached hydrogen (secondary N) is 1. The zero-order valence-electron chi connectivity index (χ0n) is 19.4. The largest absolute Gasteiger partial charge is 0.494 e. The molecule has 0 unspecified atom stereocenters. The van der Waals surface area contributed by atoms with E-state index in [0.717, 1.165) is 46.3 Å². The number of fused-ring (bicyclic) bond motifs is 2. The summed E-state index contributed by atoms with van der Waals surface area (Å²) in [6, 6.07) is 10.4. The van der Waals surface area contributed by atoms with Crippen molar-refractivity contribution in [3.63, 3.8) is 0 Å². The first-order chi connectivity index (χ1) is 16.6. The van der Waals surface area contributed by atoms with Crippen molar-refractivity contribution in [3.05, 3.63) is 36.5 Å². The highest BCUT2D eigenvalue weighted by Crippen LogP contribution is 2.33. The van der Waals surface area contributed by atoms with E-state index in [-0.39, 0.29) is 18.0 Å². The number of ether oxygens (including phenoxy) is 2. The van der Waals surface area contributed by atoms with Gasteiger partial charge in [-0.25, -0.2) is 4.98 Å². The van der Waals surface area contributed by atoms with Crippen molar-refractivity contribution in [2.75, 3.05) is 49.3 Å². The van der Waals surface area contributed by atoms with Crippen LogP contribution in [0.1, 0.15) is 13.8 Å². The molecule has 1 aromatic carbocycles. The van der Waals surface area contributed by atoms with Crippen LogP contribution in [-0.2, 0) is 9.47 Å². The Morgan fingerprint density at radius 3 is 2.44 bits per heavy atom. The maximum Gasteiger partial charge on any atom is 0.229 e. The summed E-state index contributed by atoms with van der Waals surface area (Å²) in [6.45, 7) is 8.45. The average Bonchev–Trinajstić information content (AvgIpc) is 3.23. The van der Waals surface area contributed by atoms with Crippen LogP contribution < -0.4 is 9.80 Å². The molecule has 9 nitrogen and oxygen atoms in total. The van der Waals surface area contributed by atoms with Crippen LogP contribution in [0.5, 0.6) is 5.88 Å². The summed E-state index contributed by atoms with van der Waals surface area (Å²) in [5.74, 6) is 1.74. The van der Waals surface area contributed by atoms with Crippen molar-refractivity contribution in [1.29, 1.82) is 0 Å². The maximum absolute atomic E-state index is 10.1. The second-order valence-electron chi connectivity index (χ2n) is 9.09. The number of anilines is 2. The van der Waals surface area contributed by atoms with Crippen LogP contribution in [0.15, 0.2) is 36.5 Å². The zero-order chi connectivity index (χ0) is 23.2. The fraction of sp³-hybridized carbons (Fsp3) is 0.400. The summed E-state index contributed by atoms with van der Waals surface area (Å²) in [7, 11) is 0. The molecule has 4 aromatic rings. The Morgan fingerprint density at radius 2 is 1.68 bits per heavy atom. The van der Waals surface area contributed by atoms with Gasteiger partial charge in [-0.1, -0.05) is 12.1 Å². The third-order valence-corrected chi connectivity index (χ3v) is 6.76. The first-order valence-electron chi connectivity index (χ1n) is 11.8. The van der Waals surface area contributed by atoms with Crippen LogP contribution in [0.3, 0.4) is 0 Å². The molecule has 5 heterocycles. The Labute approximate surface area is 197 Å². The lowest BCUT2D eigenvalue weighted by molar-refractivity contribution is 0.0973. The molecule has 0 bridgehead atoms. The quantitative estimate of drug-likeness (QED) is 0.480. The fourth-order valence-corrected chi connectivity index (χ4v) is 4.83. The van der Waals surface area contributed by atoms with Gasteiger partial charge in [0.05, 0.1) is 49.6 Å². The van der Waals surface area contributed by atoms with E-state index in [0.29, 0.717) is 38.0 Å². The van der Waals surface area contributed by atoms with Gasteiger partial charge < -0.3 is 29.4 Å². The second kappa shape index (κ2) is 8.41. The molecule has 2 aliphatic heterocycles. The fourth-order valence-electron chi connectivity index (χ4n) is 4.83. The van der Waals surface area contributed by atoms with E-state index >= 15 is 0 Å². The van der Waals surface area contributed by atoms with Crippen LogP contribution >= 0.6 is 0 Å². The van der Waals surface area contributed by atoms with Crippen molar-refractivity contribution in [2.24, 2.45) is 0 Å². The van der Waals surface area contributed by atoms with Gasteiger partial charge in [0.25, 0.3) is 0 Å². The van der Waals surface area contributed by atoms with Crippen LogP contribution in [0.2, 0.25) is 0 Å². The third kappa shape index (κ3) is 3.61. The van der Waals surface area contributed by atoms with Crippen molar-refractivity contribution < 1.29 is 14.6 Å². The number of aromatic amines is 1. The lowest BCUT2D eigenvalue weighted by Gasteiger charge is -2.37. The summed E-state index contributed by atoms with van der Waals surface area (Å²) in [5, 5.41) is 12.8. The molecular weight excluding hydrogens is 432 g/mol. The Kier molecular flexibility index (Phi) is 5.23. The molecule has 0 radical (unpaired) electrons. The van der Waals surface area contributed by atoms with E-state index < -0.39 is 0 Å². The van der Waals surface area contributed by atoms with Gasteiger partial charge in [0.2, 0.25) is 5.95 Å². The number of benzene rings is 1. The van der Waals surface area contributed by atoms with Crippen LogP contribution in [0.25, 0.3) is 33.1 Å². The van der Waals surface area contributed by atoms with Crippen molar-refractivity contribution in [2.45, 2.75) is 25.9 Å². The molecule has 2 atom stereocenters. The molecule has 2 fully saturated rings. The molecule has 9 heteroatoms. The predicted molar refractivity (Wildman–Crippen MR) is 132 cm³/mol. The van der Waals surface area contributed by atoms with E-state index in [1.165, 1.54) is 0 Å². The van der Waals surface area contributed by atoms with Crippen LogP contribution in [0.4, 0.5) is 11.8 Å². The summed E-state index contributed by atoms with van der Waals surface area (Å²) >= 11 is 0. The van der Waals surface area contributed by atoms with Gasteiger partial charge in [0, 0.05) is 35.6 Å². The summed E-state index contributed by atoms with van der Waals surface area (Å²) in [4.78, 5) is 22.3. The summed E-state index contributed by atoms with van der Waals surface area (Å²) in [6.07, 6.45) is 1.79. The number of pyridine rings is 1. The summed E-state index contributed by atoms with van der Waals surface area (Å²) < 4.78 is 11.3. The number of aromatic nitrogens is 4. The molecule has 0 spiro atoms. The molecule has 3 aromatic heterocycles. The van der Waals surface area contributed by atoms with E-state index in [9.17, 15) is 5.11 Å². The first kappa shape index (κ1) is 21.1. The lowest BCUT2D eigenvalue weighted by atomic mass is 10.1. The zero-order valence-corrected chi connectivity index (χ0v) is 19.4. The third-order valence-electron chi connectivity index (χ3n) is 6.76. The highest BCUT2D eigenvalue weighted by molar-refractivity contribution is 5.93. The molecule has 2 N–H and O–H groups in total. The topological polar surface area (TPSA) is 99.6 Å². The molecular formula is C25H28N6O3. The van der Waals surface area contributed by atoms with Gasteiger partial charge in [-0.2, -0.15) is 9.97 Å². The average molecular weight is 461 g/mol. The van der Waals surface area contributed by atoms with Gasteiger partial charge in [-0.05, 0) is 32.0 Å². The molecule has 34 heavy (non-hydrogen) atoms. The van der Waals surface area contributed by atoms with Crippen molar-refractivity contribution >= 4 is 33.6 Å². The van der Waals surface area contributed by atoms with Crippen LogP contribution in [-0.4, -0.2) is 76.6 Å². The smallest absolute Gasteiger partial charge is 0.229 e. The Hall–Kier alpha value is -3.43. The SMILES string of the molecule is C[C@H]1COCCN1c1nc(N2CCOC[C@@H]2C)c2ccc(-c3ccc4c[nH]c(O)c4c3)nc2n1. The van der Waals surface area contributed by atoms with E-state index in [1.807, 2.05) is 24.3 Å². The minimum atomic E-state index is 0.159. The minimum absolute atomic E-state index is 0.159. The Balaban J connectivity index is 1.50. The van der Waals surface area contributed by atoms with Gasteiger partial charge in [0.15, 0.2) is 11.5 Å².